The number of benzene rings is 1. The number of aliphatic hydroxyl groups excluding tert-OH is 1. The lowest BCUT2D eigenvalue weighted by Crippen LogP contribution is -2.13. The van der Waals surface area contributed by atoms with Gasteiger partial charge >= 0.3 is 0 Å². The van der Waals surface area contributed by atoms with Crippen molar-refractivity contribution in [3.63, 3.8) is 0 Å². The van der Waals surface area contributed by atoms with Gasteiger partial charge < -0.3 is 10.4 Å². The topological polar surface area (TPSA) is 49.3 Å². The highest BCUT2D eigenvalue weighted by molar-refractivity contribution is 5.91. The molecule has 0 aliphatic rings. The van der Waals surface area contributed by atoms with Gasteiger partial charge in [0.05, 0.1) is 12.2 Å². The summed E-state index contributed by atoms with van der Waals surface area (Å²) in [5.41, 5.74) is 0.746. The molecule has 3 nitrogen and oxygen atoms in total. The minimum atomic E-state index is -0.438. The van der Waals surface area contributed by atoms with Crippen molar-refractivity contribution >= 4 is 11.6 Å². The summed E-state index contributed by atoms with van der Waals surface area (Å²) in [7, 11) is 0. The van der Waals surface area contributed by atoms with Gasteiger partial charge in [0.2, 0.25) is 5.91 Å². The summed E-state index contributed by atoms with van der Waals surface area (Å²) in [6, 6.07) is 4.27. The Morgan fingerprint density at radius 3 is 2.84 bits per heavy atom. The van der Waals surface area contributed by atoms with Crippen molar-refractivity contribution in [1.29, 1.82) is 0 Å². The molecule has 0 saturated carbocycles. The van der Waals surface area contributed by atoms with E-state index in [0.717, 1.165) is 0 Å². The normalized spacial score (nSPS) is 9.95. The quantitative estimate of drug-likeness (QED) is 0.820. The average Bonchev–Trinajstić information content (AvgIpc) is 2.32. The molecule has 1 rings (SSSR count). The number of hydrogen-bond acceptors (Lipinski definition) is 2. The Kier molecular flexibility index (Phi) is 6.04. The van der Waals surface area contributed by atoms with Gasteiger partial charge in [-0.2, -0.15) is 0 Å². The van der Waals surface area contributed by atoms with Gasteiger partial charge in [-0.15, -0.1) is 0 Å². The third-order valence-corrected chi connectivity index (χ3v) is 2.30. The molecular weight excluding hydrogens is 245 g/mol. The first-order valence-electron chi connectivity index (χ1n) is 6.22. The largest absolute Gasteiger partial charge is 0.395 e. The predicted octanol–water partition coefficient (Wildman–Crippen LogP) is 2.54. The van der Waals surface area contributed by atoms with Gasteiger partial charge in [-0.05, 0) is 24.1 Å². The van der Waals surface area contributed by atoms with Crippen LogP contribution in [-0.4, -0.2) is 17.6 Å². The van der Waals surface area contributed by atoms with Crippen LogP contribution in [0.25, 0.3) is 0 Å². The van der Waals surface area contributed by atoms with Gasteiger partial charge in [-0.3, -0.25) is 4.79 Å². The monoisotopic (exact) mass is 263 g/mol. The summed E-state index contributed by atoms with van der Waals surface area (Å²) in [5.74, 6) is 5.01. The lowest BCUT2D eigenvalue weighted by Gasteiger charge is -2.07. The molecule has 4 heteroatoms. The van der Waals surface area contributed by atoms with Gasteiger partial charge in [-0.25, -0.2) is 4.39 Å². The van der Waals surface area contributed by atoms with E-state index in [1.807, 2.05) is 13.8 Å². The van der Waals surface area contributed by atoms with Crippen molar-refractivity contribution in [1.82, 2.24) is 0 Å². The van der Waals surface area contributed by atoms with Gasteiger partial charge in [0, 0.05) is 18.5 Å². The summed E-state index contributed by atoms with van der Waals surface area (Å²) in [5, 5.41) is 11.3. The average molecular weight is 263 g/mol. The summed E-state index contributed by atoms with van der Waals surface area (Å²) >= 11 is 0. The zero-order chi connectivity index (χ0) is 14.3. The predicted molar refractivity (Wildman–Crippen MR) is 73.1 cm³/mol. The van der Waals surface area contributed by atoms with E-state index in [2.05, 4.69) is 17.2 Å². The minimum Gasteiger partial charge on any atom is -0.395 e. The Hall–Kier alpha value is -1.86. The number of aliphatic hydroxyl groups is 1. The van der Waals surface area contributed by atoms with E-state index in [4.69, 9.17) is 5.11 Å². The van der Waals surface area contributed by atoms with Crippen LogP contribution in [0.3, 0.4) is 0 Å². The fourth-order valence-electron chi connectivity index (χ4n) is 1.50. The van der Waals surface area contributed by atoms with Crippen LogP contribution in [0.1, 0.15) is 32.3 Å². The molecule has 0 heterocycles. The van der Waals surface area contributed by atoms with Crippen LogP contribution in [0.4, 0.5) is 10.1 Å². The molecule has 0 unspecified atom stereocenters. The first-order valence-corrected chi connectivity index (χ1v) is 6.22. The molecule has 1 amide bonds. The number of carbonyl (C=O) groups excluding carboxylic acids is 1. The third kappa shape index (κ3) is 5.54. The molecule has 102 valence electrons. The van der Waals surface area contributed by atoms with Crippen LogP contribution in [0, 0.1) is 23.6 Å². The van der Waals surface area contributed by atoms with Crippen LogP contribution in [0.2, 0.25) is 0 Å². The Morgan fingerprint density at radius 1 is 1.47 bits per heavy atom. The van der Waals surface area contributed by atoms with Crippen LogP contribution in [-0.2, 0) is 4.79 Å². The van der Waals surface area contributed by atoms with E-state index in [9.17, 15) is 9.18 Å². The first kappa shape index (κ1) is 15.2. The minimum absolute atomic E-state index is 0.0561. The van der Waals surface area contributed by atoms with Gasteiger partial charge in [0.25, 0.3) is 0 Å². The second-order valence-electron chi connectivity index (χ2n) is 4.62. The summed E-state index contributed by atoms with van der Waals surface area (Å²) in [6.45, 7) is 3.85. The lowest BCUT2D eigenvalue weighted by atomic mass is 10.1. The zero-order valence-corrected chi connectivity index (χ0v) is 11.2. The fraction of sp³-hybridized carbons (Fsp3) is 0.400. The molecule has 0 radical (unpaired) electrons. The highest BCUT2D eigenvalue weighted by Gasteiger charge is 2.07. The molecule has 1 aromatic rings. The molecular formula is C15H18FNO2. The maximum Gasteiger partial charge on any atom is 0.224 e. The maximum absolute atomic E-state index is 13.5. The van der Waals surface area contributed by atoms with Crippen molar-refractivity contribution in [3.8, 4) is 11.8 Å². The Morgan fingerprint density at radius 2 is 2.21 bits per heavy atom. The van der Waals surface area contributed by atoms with Crippen LogP contribution in [0.5, 0.6) is 0 Å². The van der Waals surface area contributed by atoms with E-state index in [1.54, 1.807) is 0 Å². The third-order valence-electron chi connectivity index (χ3n) is 2.30. The highest BCUT2D eigenvalue weighted by atomic mass is 19.1. The van der Waals surface area contributed by atoms with Gasteiger partial charge in [-0.1, -0.05) is 25.7 Å². The molecule has 0 spiro atoms. The van der Waals surface area contributed by atoms with E-state index in [0.29, 0.717) is 18.5 Å². The van der Waals surface area contributed by atoms with Crippen molar-refractivity contribution < 1.29 is 14.3 Å². The van der Waals surface area contributed by atoms with Crippen LogP contribution < -0.4 is 5.32 Å². The van der Waals surface area contributed by atoms with E-state index in [1.165, 1.54) is 18.2 Å². The Bertz CT molecular complexity index is 501. The zero-order valence-electron chi connectivity index (χ0n) is 11.2. The molecule has 0 atom stereocenters. The second-order valence-corrected chi connectivity index (χ2v) is 4.62. The first-order chi connectivity index (χ1) is 9.02. The fourth-order valence-corrected chi connectivity index (χ4v) is 1.50. The maximum atomic E-state index is 13.5. The Balaban J connectivity index is 2.79. The summed E-state index contributed by atoms with van der Waals surface area (Å²) in [4.78, 5) is 11.6. The smallest absolute Gasteiger partial charge is 0.224 e. The van der Waals surface area contributed by atoms with Crippen molar-refractivity contribution in [2.75, 3.05) is 11.9 Å². The van der Waals surface area contributed by atoms with Crippen molar-refractivity contribution in [3.05, 3.63) is 29.6 Å². The molecule has 19 heavy (non-hydrogen) atoms. The molecule has 0 bridgehead atoms. The van der Waals surface area contributed by atoms with E-state index in [-0.39, 0.29) is 24.0 Å². The van der Waals surface area contributed by atoms with Crippen molar-refractivity contribution in [2.24, 2.45) is 5.92 Å². The van der Waals surface area contributed by atoms with Crippen LogP contribution in [0.15, 0.2) is 18.2 Å². The molecule has 0 aromatic heterocycles. The standard InChI is InChI=1S/C15H18FNO2/c1-11(2)9-15(19)17-13-6-7-14(16)12(10-13)5-3-4-8-18/h6-7,10-11,18H,4,8-9H2,1-2H3,(H,17,19). The lowest BCUT2D eigenvalue weighted by molar-refractivity contribution is -0.116. The molecule has 2 N–H and O–H groups in total. The number of anilines is 1. The second kappa shape index (κ2) is 7.55. The van der Waals surface area contributed by atoms with E-state index < -0.39 is 5.82 Å². The number of nitrogens with one attached hydrogen (secondary N) is 1. The SMILES string of the molecule is CC(C)CC(=O)Nc1ccc(F)c(C#CCCO)c1. The van der Waals surface area contributed by atoms with E-state index >= 15 is 0 Å². The van der Waals surface area contributed by atoms with Crippen molar-refractivity contribution in [2.45, 2.75) is 26.7 Å². The van der Waals surface area contributed by atoms with Crippen LogP contribution >= 0.6 is 0 Å². The summed E-state index contributed by atoms with van der Waals surface area (Å²) in [6.07, 6.45) is 0.715. The van der Waals surface area contributed by atoms with Gasteiger partial charge in [0.15, 0.2) is 0 Å². The molecule has 0 saturated heterocycles. The number of rotatable bonds is 4. The van der Waals surface area contributed by atoms with Gasteiger partial charge in [0.1, 0.15) is 5.82 Å². The molecule has 0 fully saturated rings. The number of carbonyl (C=O) groups is 1. The Labute approximate surface area is 112 Å². The highest BCUT2D eigenvalue weighted by Crippen LogP contribution is 2.15. The molecule has 1 aromatic carbocycles. The number of halogens is 1. The molecule has 0 aliphatic carbocycles. The summed E-state index contributed by atoms with van der Waals surface area (Å²) < 4.78 is 13.5. The molecule has 0 aliphatic heterocycles. The number of hydrogen-bond donors (Lipinski definition) is 2. The number of amides is 1.